The first kappa shape index (κ1) is 16.3. The number of aromatic nitrogens is 2. The Bertz CT molecular complexity index is 839. The monoisotopic (exact) mass is 336 g/mol. The number of halogens is 5. The number of rotatable bonds is 2. The first-order valence-electron chi connectivity index (χ1n) is 5.94. The Morgan fingerprint density at radius 1 is 1.23 bits per heavy atom. The van der Waals surface area contributed by atoms with Gasteiger partial charge in [-0.3, -0.25) is 13.9 Å². The lowest BCUT2D eigenvalue weighted by molar-refractivity contribution is -0.144. The van der Waals surface area contributed by atoms with Crippen molar-refractivity contribution in [1.82, 2.24) is 9.13 Å². The summed E-state index contributed by atoms with van der Waals surface area (Å²) in [5.41, 5.74) is -3.81. The highest BCUT2D eigenvalue weighted by atomic mass is 35.5. The standard InChI is InChI=1S/C13H9ClF4N2O2/c1-19-9(13(16,17)18)5-10(21)20(12(19)22)6-7-3-2-4-8(14)11(7)15/h2-5H,6H2,1H3. The second-order valence-electron chi connectivity index (χ2n) is 4.51. The summed E-state index contributed by atoms with van der Waals surface area (Å²) in [4.78, 5) is 23.7. The molecule has 118 valence electrons. The largest absolute Gasteiger partial charge is 0.431 e. The van der Waals surface area contributed by atoms with Crippen molar-refractivity contribution in [2.45, 2.75) is 12.7 Å². The molecule has 0 spiro atoms. The van der Waals surface area contributed by atoms with Crippen LogP contribution in [0.1, 0.15) is 11.3 Å². The van der Waals surface area contributed by atoms with Crippen LogP contribution in [0.25, 0.3) is 0 Å². The van der Waals surface area contributed by atoms with E-state index in [1.54, 1.807) is 0 Å². The van der Waals surface area contributed by atoms with Crippen LogP contribution < -0.4 is 11.2 Å². The zero-order chi connectivity index (χ0) is 16.7. The molecule has 1 aromatic carbocycles. The van der Waals surface area contributed by atoms with Crippen LogP contribution in [0.15, 0.2) is 33.9 Å². The van der Waals surface area contributed by atoms with Gasteiger partial charge in [0, 0.05) is 18.7 Å². The summed E-state index contributed by atoms with van der Waals surface area (Å²) in [5, 5.41) is -0.214. The Labute approximate surface area is 126 Å². The maximum absolute atomic E-state index is 13.8. The van der Waals surface area contributed by atoms with Gasteiger partial charge >= 0.3 is 11.9 Å². The number of benzene rings is 1. The third-order valence-corrected chi connectivity index (χ3v) is 3.35. The minimum Gasteiger partial charge on any atom is -0.292 e. The summed E-state index contributed by atoms with van der Waals surface area (Å²) >= 11 is 5.58. The predicted octanol–water partition coefficient (Wildman–Crippen LogP) is 2.41. The average molecular weight is 337 g/mol. The molecule has 4 nitrogen and oxygen atoms in total. The highest BCUT2D eigenvalue weighted by Crippen LogP contribution is 2.26. The van der Waals surface area contributed by atoms with Crippen LogP contribution in [0.2, 0.25) is 5.02 Å². The molecule has 0 aliphatic heterocycles. The van der Waals surface area contributed by atoms with Gasteiger partial charge in [0.1, 0.15) is 11.5 Å². The SMILES string of the molecule is Cn1c(C(F)(F)F)cc(=O)n(Cc2cccc(Cl)c2F)c1=O. The molecular weight excluding hydrogens is 328 g/mol. The first-order chi connectivity index (χ1) is 10.1. The van der Waals surface area contributed by atoms with Gasteiger partial charge < -0.3 is 0 Å². The fourth-order valence-corrected chi connectivity index (χ4v) is 2.12. The Morgan fingerprint density at radius 2 is 1.86 bits per heavy atom. The molecule has 0 unspecified atom stereocenters. The highest BCUT2D eigenvalue weighted by molar-refractivity contribution is 6.30. The van der Waals surface area contributed by atoms with E-state index in [2.05, 4.69) is 0 Å². The molecule has 0 saturated carbocycles. The van der Waals surface area contributed by atoms with Crippen molar-refractivity contribution in [2.24, 2.45) is 7.05 Å². The Balaban J connectivity index is 2.59. The summed E-state index contributed by atoms with van der Waals surface area (Å²) in [6, 6.07) is 4.25. The fourth-order valence-electron chi connectivity index (χ4n) is 1.93. The van der Waals surface area contributed by atoms with Gasteiger partial charge in [-0.1, -0.05) is 23.7 Å². The summed E-state index contributed by atoms with van der Waals surface area (Å²) in [6.45, 7) is -0.518. The van der Waals surface area contributed by atoms with Gasteiger partial charge in [0.05, 0.1) is 11.6 Å². The molecule has 0 fully saturated rings. The quantitative estimate of drug-likeness (QED) is 0.791. The van der Waals surface area contributed by atoms with Crippen molar-refractivity contribution >= 4 is 11.6 Å². The van der Waals surface area contributed by atoms with E-state index in [1.165, 1.54) is 18.2 Å². The second-order valence-corrected chi connectivity index (χ2v) is 4.91. The number of hydrogen-bond acceptors (Lipinski definition) is 2. The molecular formula is C13H9ClF4N2O2. The number of alkyl halides is 3. The third kappa shape index (κ3) is 2.92. The molecule has 0 amide bonds. The van der Waals surface area contributed by atoms with Gasteiger partial charge in [-0.25, -0.2) is 9.18 Å². The van der Waals surface area contributed by atoms with Gasteiger partial charge in [0.2, 0.25) is 0 Å². The van der Waals surface area contributed by atoms with Gasteiger partial charge in [-0.05, 0) is 6.07 Å². The van der Waals surface area contributed by atoms with E-state index in [-0.39, 0.29) is 10.6 Å². The van der Waals surface area contributed by atoms with Crippen molar-refractivity contribution in [3.63, 3.8) is 0 Å². The lowest BCUT2D eigenvalue weighted by Crippen LogP contribution is -2.42. The van der Waals surface area contributed by atoms with E-state index in [0.717, 1.165) is 7.05 Å². The van der Waals surface area contributed by atoms with Gasteiger partial charge in [-0.2, -0.15) is 13.2 Å². The fraction of sp³-hybridized carbons (Fsp3) is 0.231. The van der Waals surface area contributed by atoms with Crippen LogP contribution in [0.4, 0.5) is 17.6 Å². The van der Waals surface area contributed by atoms with Crippen molar-refractivity contribution in [2.75, 3.05) is 0 Å². The summed E-state index contributed by atoms with van der Waals surface area (Å²) in [5.74, 6) is -0.835. The first-order valence-corrected chi connectivity index (χ1v) is 6.31. The van der Waals surface area contributed by atoms with Crippen molar-refractivity contribution < 1.29 is 17.6 Å². The lowest BCUT2D eigenvalue weighted by Gasteiger charge is -2.14. The zero-order valence-corrected chi connectivity index (χ0v) is 11.9. The molecule has 22 heavy (non-hydrogen) atoms. The Hall–Kier alpha value is -2.09. The Kier molecular flexibility index (Phi) is 4.15. The molecule has 0 bridgehead atoms. The smallest absolute Gasteiger partial charge is 0.292 e. The van der Waals surface area contributed by atoms with E-state index < -0.39 is 35.5 Å². The summed E-state index contributed by atoms with van der Waals surface area (Å²) in [7, 11) is 0.884. The minimum atomic E-state index is -4.84. The van der Waals surface area contributed by atoms with E-state index in [9.17, 15) is 27.2 Å². The van der Waals surface area contributed by atoms with Crippen LogP contribution in [0, 0.1) is 5.82 Å². The third-order valence-electron chi connectivity index (χ3n) is 3.06. The molecule has 2 rings (SSSR count). The van der Waals surface area contributed by atoms with Gasteiger partial charge in [-0.15, -0.1) is 0 Å². The number of hydrogen-bond donors (Lipinski definition) is 0. The van der Waals surface area contributed by atoms with Crippen LogP contribution in [0.3, 0.4) is 0 Å². The van der Waals surface area contributed by atoms with Crippen LogP contribution >= 0.6 is 11.6 Å². The van der Waals surface area contributed by atoms with Crippen LogP contribution in [-0.4, -0.2) is 9.13 Å². The predicted molar refractivity (Wildman–Crippen MR) is 71.5 cm³/mol. The molecule has 9 heteroatoms. The summed E-state index contributed by atoms with van der Waals surface area (Å²) in [6.07, 6.45) is -4.84. The van der Waals surface area contributed by atoms with Crippen LogP contribution in [0.5, 0.6) is 0 Å². The molecule has 0 aliphatic carbocycles. The van der Waals surface area contributed by atoms with Crippen molar-refractivity contribution in [1.29, 1.82) is 0 Å². The van der Waals surface area contributed by atoms with Crippen molar-refractivity contribution in [3.05, 3.63) is 67.2 Å². The molecule has 0 N–H and O–H groups in total. The molecule has 0 aliphatic rings. The van der Waals surface area contributed by atoms with Crippen LogP contribution in [-0.2, 0) is 19.8 Å². The normalized spacial score (nSPS) is 11.7. The molecule has 0 radical (unpaired) electrons. The highest BCUT2D eigenvalue weighted by Gasteiger charge is 2.34. The maximum atomic E-state index is 13.8. The lowest BCUT2D eigenvalue weighted by atomic mass is 10.2. The summed E-state index contributed by atoms with van der Waals surface area (Å²) < 4.78 is 52.7. The molecule has 0 saturated heterocycles. The van der Waals surface area contributed by atoms with E-state index in [4.69, 9.17) is 11.6 Å². The van der Waals surface area contributed by atoms with Crippen molar-refractivity contribution in [3.8, 4) is 0 Å². The maximum Gasteiger partial charge on any atom is 0.431 e. The minimum absolute atomic E-state index is 0.0774. The average Bonchev–Trinajstić information content (AvgIpc) is 2.42. The topological polar surface area (TPSA) is 44.0 Å². The van der Waals surface area contributed by atoms with E-state index >= 15 is 0 Å². The van der Waals surface area contributed by atoms with E-state index in [1.807, 2.05) is 0 Å². The molecule has 1 heterocycles. The van der Waals surface area contributed by atoms with E-state index in [0.29, 0.717) is 15.2 Å². The van der Waals surface area contributed by atoms with Gasteiger partial charge in [0.15, 0.2) is 0 Å². The molecule has 2 aromatic rings. The zero-order valence-electron chi connectivity index (χ0n) is 11.1. The molecule has 0 atom stereocenters. The molecule has 1 aromatic heterocycles. The second kappa shape index (κ2) is 5.60. The van der Waals surface area contributed by atoms with Gasteiger partial charge in [0.25, 0.3) is 5.56 Å². The number of nitrogens with zero attached hydrogens (tertiary/aromatic N) is 2. The Morgan fingerprint density at radius 3 is 2.45 bits per heavy atom.